The van der Waals surface area contributed by atoms with Crippen LogP contribution in [0.5, 0.6) is 11.5 Å². The Morgan fingerprint density at radius 3 is 2.64 bits per heavy atom. The minimum Gasteiger partial charge on any atom is -0.493 e. The molecular formula is C15H16F2N4O4. The molecule has 0 bridgehead atoms. The summed E-state index contributed by atoms with van der Waals surface area (Å²) in [6.45, 7) is -0.744. The summed E-state index contributed by atoms with van der Waals surface area (Å²) >= 11 is 0. The predicted octanol–water partition coefficient (Wildman–Crippen LogP) is 1.86. The highest BCUT2D eigenvalue weighted by atomic mass is 19.3. The molecule has 3 N–H and O–H groups in total. The molecule has 0 spiro atoms. The fraction of sp³-hybridized carbons (Fsp3) is 0.267. The third kappa shape index (κ3) is 4.22. The van der Waals surface area contributed by atoms with E-state index in [9.17, 15) is 18.4 Å². The Morgan fingerprint density at radius 2 is 2.08 bits per heavy atom. The molecule has 2 rings (SSSR count). The van der Waals surface area contributed by atoms with Crippen LogP contribution >= 0.6 is 0 Å². The van der Waals surface area contributed by atoms with Crippen LogP contribution in [-0.2, 0) is 6.54 Å². The summed E-state index contributed by atoms with van der Waals surface area (Å²) in [4.78, 5) is 23.7. The fourth-order valence-electron chi connectivity index (χ4n) is 2.05. The van der Waals surface area contributed by atoms with Crippen LogP contribution in [0.25, 0.3) is 0 Å². The summed E-state index contributed by atoms with van der Waals surface area (Å²) in [6, 6.07) is 3.70. The molecule has 1 aromatic carbocycles. The molecule has 0 unspecified atom stereocenters. The van der Waals surface area contributed by atoms with E-state index >= 15 is 0 Å². The number of rotatable bonds is 7. The zero-order valence-electron chi connectivity index (χ0n) is 13.5. The lowest BCUT2D eigenvalue weighted by atomic mass is 10.2. The van der Waals surface area contributed by atoms with E-state index in [1.807, 2.05) is 0 Å². The number of nitrogens with one attached hydrogen (secondary N) is 1. The first-order valence-electron chi connectivity index (χ1n) is 7.17. The first-order chi connectivity index (χ1) is 11.8. The van der Waals surface area contributed by atoms with Crippen molar-refractivity contribution in [3.63, 3.8) is 0 Å². The van der Waals surface area contributed by atoms with E-state index in [2.05, 4.69) is 15.2 Å². The van der Waals surface area contributed by atoms with Crippen molar-refractivity contribution >= 4 is 17.5 Å². The van der Waals surface area contributed by atoms with Crippen LogP contribution < -0.4 is 20.5 Å². The van der Waals surface area contributed by atoms with Crippen LogP contribution in [0.3, 0.4) is 0 Å². The largest absolute Gasteiger partial charge is 0.493 e. The minimum absolute atomic E-state index is 0.0349. The molecule has 8 nitrogen and oxygen atoms in total. The maximum Gasteiger partial charge on any atom is 0.387 e. The summed E-state index contributed by atoms with van der Waals surface area (Å²) < 4.78 is 35.3. The van der Waals surface area contributed by atoms with Crippen molar-refractivity contribution in [2.45, 2.75) is 20.1 Å². The first kappa shape index (κ1) is 18.2. The molecule has 2 amide bonds. The maximum absolute atomic E-state index is 12.3. The Balaban J connectivity index is 2.27. The second-order valence-corrected chi connectivity index (χ2v) is 4.81. The highest BCUT2D eigenvalue weighted by Crippen LogP contribution is 2.29. The van der Waals surface area contributed by atoms with Gasteiger partial charge in [0.2, 0.25) is 0 Å². The number of nitrogens with two attached hydrogens (primary N) is 1. The molecule has 0 aliphatic heterocycles. The third-order valence-electron chi connectivity index (χ3n) is 3.21. The molecule has 0 aliphatic rings. The minimum atomic E-state index is -3.02. The lowest BCUT2D eigenvalue weighted by molar-refractivity contribution is -0.0512. The smallest absolute Gasteiger partial charge is 0.387 e. The number of anilines is 1. The number of aryl methyl sites for hydroxylation is 1. The van der Waals surface area contributed by atoms with E-state index in [0.29, 0.717) is 6.54 Å². The zero-order chi connectivity index (χ0) is 18.6. The van der Waals surface area contributed by atoms with Crippen LogP contribution in [0, 0.1) is 0 Å². The number of halogens is 2. The van der Waals surface area contributed by atoms with Gasteiger partial charge in [0.25, 0.3) is 11.8 Å². The lowest BCUT2D eigenvalue weighted by Gasteiger charge is -2.11. The van der Waals surface area contributed by atoms with Gasteiger partial charge in [-0.2, -0.15) is 13.9 Å². The Morgan fingerprint density at radius 1 is 1.36 bits per heavy atom. The molecule has 10 heteroatoms. The number of carbonyl (C=O) groups is 2. The standard InChI is InChI=1S/C15H16F2N4O4/c1-3-21-7-9(12(20-21)13(18)22)19-14(23)8-4-5-10(25-15(16)17)11(6-8)24-2/h4-7,15H,3H2,1-2H3,(H2,18,22)(H,19,23). The number of benzene rings is 1. The third-order valence-corrected chi connectivity index (χ3v) is 3.21. The molecule has 25 heavy (non-hydrogen) atoms. The van der Waals surface area contributed by atoms with Crippen LogP contribution in [0.15, 0.2) is 24.4 Å². The van der Waals surface area contributed by atoms with Crippen molar-refractivity contribution < 1.29 is 27.8 Å². The van der Waals surface area contributed by atoms with Gasteiger partial charge in [-0.25, -0.2) is 0 Å². The number of aromatic nitrogens is 2. The summed E-state index contributed by atoms with van der Waals surface area (Å²) in [5, 5.41) is 6.46. The highest BCUT2D eigenvalue weighted by Gasteiger charge is 2.18. The summed E-state index contributed by atoms with van der Waals surface area (Å²) in [6.07, 6.45) is 1.46. The van der Waals surface area contributed by atoms with Crippen molar-refractivity contribution in [3.05, 3.63) is 35.7 Å². The van der Waals surface area contributed by atoms with Gasteiger partial charge in [0.05, 0.1) is 12.8 Å². The first-order valence-corrected chi connectivity index (χ1v) is 7.17. The van der Waals surface area contributed by atoms with E-state index in [1.54, 1.807) is 6.92 Å². The van der Waals surface area contributed by atoms with Gasteiger partial charge in [0, 0.05) is 18.3 Å². The summed E-state index contributed by atoms with van der Waals surface area (Å²) in [5.74, 6) is -1.63. The van der Waals surface area contributed by atoms with E-state index in [-0.39, 0.29) is 28.4 Å². The van der Waals surface area contributed by atoms with E-state index in [4.69, 9.17) is 10.5 Å². The molecule has 1 aromatic heterocycles. The van der Waals surface area contributed by atoms with Crippen molar-refractivity contribution in [3.8, 4) is 11.5 Å². The van der Waals surface area contributed by atoms with E-state index < -0.39 is 18.4 Å². The molecular weight excluding hydrogens is 338 g/mol. The molecule has 134 valence electrons. The fourth-order valence-corrected chi connectivity index (χ4v) is 2.05. The number of primary amides is 1. The average molecular weight is 354 g/mol. The molecule has 1 heterocycles. The number of alkyl halides is 2. The van der Waals surface area contributed by atoms with Gasteiger partial charge < -0.3 is 20.5 Å². The zero-order valence-corrected chi connectivity index (χ0v) is 13.5. The van der Waals surface area contributed by atoms with Crippen LogP contribution in [-0.4, -0.2) is 35.3 Å². The Hall–Kier alpha value is -3.17. The predicted molar refractivity (Wildman–Crippen MR) is 84.0 cm³/mol. The molecule has 0 saturated heterocycles. The second-order valence-electron chi connectivity index (χ2n) is 4.81. The van der Waals surface area contributed by atoms with Gasteiger partial charge in [-0.15, -0.1) is 0 Å². The normalized spacial score (nSPS) is 10.6. The van der Waals surface area contributed by atoms with E-state index in [1.165, 1.54) is 36.2 Å². The van der Waals surface area contributed by atoms with Crippen LogP contribution in [0.1, 0.15) is 27.8 Å². The maximum atomic E-state index is 12.3. The monoisotopic (exact) mass is 354 g/mol. The molecule has 0 fully saturated rings. The van der Waals surface area contributed by atoms with Crippen LogP contribution in [0.4, 0.5) is 14.5 Å². The number of nitrogens with zero attached hydrogens (tertiary/aromatic N) is 2. The topological polar surface area (TPSA) is 108 Å². The van der Waals surface area contributed by atoms with E-state index in [0.717, 1.165) is 0 Å². The SMILES string of the molecule is CCn1cc(NC(=O)c2ccc(OC(F)F)c(OC)c2)c(C(N)=O)n1. The van der Waals surface area contributed by atoms with Gasteiger partial charge in [-0.3, -0.25) is 14.3 Å². The molecule has 0 radical (unpaired) electrons. The van der Waals surface area contributed by atoms with Crippen molar-refractivity contribution in [1.29, 1.82) is 0 Å². The number of methoxy groups -OCH3 is 1. The quantitative estimate of drug-likeness (QED) is 0.789. The van der Waals surface area contributed by atoms with Gasteiger partial charge in [-0.05, 0) is 25.1 Å². The summed E-state index contributed by atoms with van der Waals surface area (Å²) in [5.41, 5.74) is 5.41. The second kappa shape index (κ2) is 7.60. The number of hydrogen-bond donors (Lipinski definition) is 2. The Labute approximate surface area is 141 Å². The van der Waals surface area contributed by atoms with Crippen LogP contribution in [0.2, 0.25) is 0 Å². The van der Waals surface area contributed by atoms with Gasteiger partial charge in [0.1, 0.15) is 0 Å². The highest BCUT2D eigenvalue weighted by molar-refractivity contribution is 6.08. The lowest BCUT2D eigenvalue weighted by Crippen LogP contribution is -2.18. The van der Waals surface area contributed by atoms with Gasteiger partial charge >= 0.3 is 6.61 Å². The Bertz CT molecular complexity index is 792. The number of ether oxygens (including phenoxy) is 2. The van der Waals surface area contributed by atoms with Gasteiger partial charge in [0.15, 0.2) is 17.2 Å². The summed E-state index contributed by atoms with van der Waals surface area (Å²) in [7, 11) is 1.26. The molecule has 2 aromatic rings. The van der Waals surface area contributed by atoms with Crippen molar-refractivity contribution in [2.24, 2.45) is 5.73 Å². The van der Waals surface area contributed by atoms with Crippen molar-refractivity contribution in [1.82, 2.24) is 9.78 Å². The number of carbonyl (C=O) groups excluding carboxylic acids is 2. The average Bonchev–Trinajstić information content (AvgIpc) is 2.97. The van der Waals surface area contributed by atoms with Gasteiger partial charge in [-0.1, -0.05) is 0 Å². The number of amides is 2. The number of hydrogen-bond acceptors (Lipinski definition) is 5. The molecule has 0 saturated carbocycles. The Kier molecular flexibility index (Phi) is 5.52. The molecule has 0 aliphatic carbocycles. The van der Waals surface area contributed by atoms with Crippen molar-refractivity contribution in [2.75, 3.05) is 12.4 Å². The molecule has 0 atom stereocenters.